The zero-order valence-corrected chi connectivity index (χ0v) is 9.30. The van der Waals surface area contributed by atoms with Crippen molar-refractivity contribution in [3.63, 3.8) is 0 Å². The number of alkyl carbamates (subject to hydrolysis) is 1. The lowest BCUT2D eigenvalue weighted by atomic mass is 9.96. The molecule has 0 saturated heterocycles. The first-order chi connectivity index (χ1) is 6.47. The summed E-state index contributed by atoms with van der Waals surface area (Å²) in [5, 5.41) is 2.88. The highest BCUT2D eigenvalue weighted by Crippen LogP contribution is 2.17. The molecule has 0 heterocycles. The van der Waals surface area contributed by atoms with Crippen LogP contribution in [0.4, 0.5) is 4.79 Å². The third kappa shape index (κ3) is 4.49. The number of carbonyl (C=O) groups excluding carboxylic acids is 1. The lowest BCUT2D eigenvalue weighted by Gasteiger charge is -2.25. The number of hydrogen-bond acceptors (Lipinski definition) is 2. The fourth-order valence-electron chi connectivity index (χ4n) is 1.55. The lowest BCUT2D eigenvalue weighted by molar-refractivity contribution is 0.0498. The fourth-order valence-corrected chi connectivity index (χ4v) is 1.55. The van der Waals surface area contributed by atoms with E-state index in [9.17, 15) is 4.79 Å². The SMILES string of the molecule is CC(C)(C)OC(=O)N[C@@H]1C[CH]CCC1. The van der Waals surface area contributed by atoms with Gasteiger partial charge in [0.2, 0.25) is 0 Å². The van der Waals surface area contributed by atoms with E-state index in [0.29, 0.717) is 0 Å². The van der Waals surface area contributed by atoms with Crippen molar-refractivity contribution in [2.24, 2.45) is 0 Å². The van der Waals surface area contributed by atoms with Crippen molar-refractivity contribution in [1.82, 2.24) is 5.32 Å². The van der Waals surface area contributed by atoms with Gasteiger partial charge in [-0.1, -0.05) is 12.8 Å². The monoisotopic (exact) mass is 198 g/mol. The molecule has 1 fully saturated rings. The van der Waals surface area contributed by atoms with E-state index in [1.54, 1.807) is 0 Å². The van der Waals surface area contributed by atoms with Gasteiger partial charge in [0.05, 0.1) is 0 Å². The van der Waals surface area contributed by atoms with Gasteiger partial charge in [-0.15, -0.1) is 0 Å². The van der Waals surface area contributed by atoms with Crippen LogP contribution in [0, 0.1) is 6.42 Å². The maximum Gasteiger partial charge on any atom is 0.407 e. The van der Waals surface area contributed by atoms with Gasteiger partial charge in [-0.2, -0.15) is 0 Å². The normalized spacial score (nSPS) is 19.1. The summed E-state index contributed by atoms with van der Waals surface area (Å²) in [4.78, 5) is 11.4. The van der Waals surface area contributed by atoms with E-state index in [2.05, 4.69) is 11.7 Å². The number of amides is 1. The number of carbonyl (C=O) groups is 1. The van der Waals surface area contributed by atoms with Gasteiger partial charge in [0, 0.05) is 6.04 Å². The molecule has 0 spiro atoms. The van der Waals surface area contributed by atoms with Crippen LogP contribution in [-0.2, 0) is 4.74 Å². The Hall–Kier alpha value is -0.730. The molecule has 0 aromatic carbocycles. The summed E-state index contributed by atoms with van der Waals surface area (Å²) < 4.78 is 5.18. The molecule has 14 heavy (non-hydrogen) atoms. The van der Waals surface area contributed by atoms with Gasteiger partial charge in [-0.25, -0.2) is 4.79 Å². The van der Waals surface area contributed by atoms with Crippen molar-refractivity contribution in [2.75, 3.05) is 0 Å². The zero-order chi connectivity index (χ0) is 10.6. The summed E-state index contributed by atoms with van der Waals surface area (Å²) >= 11 is 0. The molecule has 1 atom stereocenters. The minimum atomic E-state index is -0.400. The molecule has 1 amide bonds. The minimum absolute atomic E-state index is 0.276. The molecule has 1 aliphatic rings. The Morgan fingerprint density at radius 2 is 2.21 bits per heavy atom. The first-order valence-electron chi connectivity index (χ1n) is 5.28. The Labute approximate surface area is 86.2 Å². The minimum Gasteiger partial charge on any atom is -0.444 e. The van der Waals surface area contributed by atoms with E-state index in [-0.39, 0.29) is 12.1 Å². The number of nitrogens with one attached hydrogen (secondary N) is 1. The van der Waals surface area contributed by atoms with Crippen molar-refractivity contribution in [3.05, 3.63) is 6.42 Å². The lowest BCUT2D eigenvalue weighted by Crippen LogP contribution is -2.40. The molecule has 0 bridgehead atoms. The number of ether oxygens (including phenoxy) is 1. The Balaban J connectivity index is 2.25. The molecule has 0 aromatic rings. The second kappa shape index (κ2) is 4.67. The molecule has 1 aliphatic carbocycles. The van der Waals surface area contributed by atoms with Crippen molar-refractivity contribution in [1.29, 1.82) is 0 Å². The van der Waals surface area contributed by atoms with E-state index >= 15 is 0 Å². The molecule has 81 valence electrons. The molecule has 1 saturated carbocycles. The molecule has 3 heteroatoms. The third-order valence-corrected chi connectivity index (χ3v) is 2.13. The fraction of sp³-hybridized carbons (Fsp3) is 0.818. The maximum atomic E-state index is 11.4. The molecule has 1 N–H and O–H groups in total. The quantitative estimate of drug-likeness (QED) is 0.703. The summed E-state index contributed by atoms with van der Waals surface area (Å²) in [6.45, 7) is 5.62. The second-order valence-corrected chi connectivity index (χ2v) is 4.80. The largest absolute Gasteiger partial charge is 0.444 e. The van der Waals surface area contributed by atoms with E-state index in [1.807, 2.05) is 20.8 Å². The average molecular weight is 198 g/mol. The Morgan fingerprint density at radius 3 is 2.71 bits per heavy atom. The van der Waals surface area contributed by atoms with Crippen molar-refractivity contribution in [3.8, 4) is 0 Å². The van der Waals surface area contributed by atoms with E-state index in [0.717, 1.165) is 12.8 Å². The van der Waals surface area contributed by atoms with Gasteiger partial charge in [0.25, 0.3) is 0 Å². The predicted octanol–water partition coefficient (Wildman–Crippen LogP) is 2.66. The van der Waals surface area contributed by atoms with Gasteiger partial charge in [0.1, 0.15) is 5.60 Å². The molecule has 0 aliphatic heterocycles. The molecule has 1 radical (unpaired) electrons. The van der Waals surface area contributed by atoms with Crippen LogP contribution < -0.4 is 5.32 Å². The highest BCUT2D eigenvalue weighted by Gasteiger charge is 2.20. The number of rotatable bonds is 1. The van der Waals surface area contributed by atoms with E-state index in [4.69, 9.17) is 4.74 Å². The summed E-state index contributed by atoms with van der Waals surface area (Å²) in [5.41, 5.74) is -0.400. The topological polar surface area (TPSA) is 38.3 Å². The third-order valence-electron chi connectivity index (χ3n) is 2.13. The van der Waals surface area contributed by atoms with Crippen LogP contribution in [0.15, 0.2) is 0 Å². The van der Waals surface area contributed by atoms with E-state index in [1.165, 1.54) is 12.8 Å². The Kier molecular flexibility index (Phi) is 3.78. The Bertz CT molecular complexity index is 190. The molecular formula is C11H20NO2. The number of hydrogen-bond donors (Lipinski definition) is 1. The Morgan fingerprint density at radius 1 is 1.50 bits per heavy atom. The molecular weight excluding hydrogens is 178 g/mol. The molecule has 0 aromatic heterocycles. The van der Waals surface area contributed by atoms with Gasteiger partial charge in [0.15, 0.2) is 0 Å². The second-order valence-electron chi connectivity index (χ2n) is 4.80. The van der Waals surface area contributed by atoms with Crippen LogP contribution in [0.25, 0.3) is 0 Å². The van der Waals surface area contributed by atoms with Crippen molar-refractivity contribution >= 4 is 6.09 Å². The van der Waals surface area contributed by atoms with Gasteiger partial charge >= 0.3 is 6.09 Å². The van der Waals surface area contributed by atoms with Gasteiger partial charge in [-0.05, 0) is 40.0 Å². The summed E-state index contributed by atoms with van der Waals surface area (Å²) in [5.74, 6) is 0. The van der Waals surface area contributed by atoms with E-state index < -0.39 is 5.60 Å². The predicted molar refractivity (Wildman–Crippen MR) is 55.9 cm³/mol. The van der Waals surface area contributed by atoms with Crippen LogP contribution >= 0.6 is 0 Å². The van der Waals surface area contributed by atoms with Crippen LogP contribution in [0.2, 0.25) is 0 Å². The summed E-state index contributed by atoms with van der Waals surface area (Å²) in [7, 11) is 0. The van der Waals surface area contributed by atoms with Crippen molar-refractivity contribution in [2.45, 2.75) is 58.1 Å². The van der Waals surface area contributed by atoms with Gasteiger partial charge < -0.3 is 10.1 Å². The smallest absolute Gasteiger partial charge is 0.407 e. The first kappa shape index (κ1) is 11.3. The van der Waals surface area contributed by atoms with Crippen LogP contribution in [0.5, 0.6) is 0 Å². The zero-order valence-electron chi connectivity index (χ0n) is 9.30. The molecule has 0 unspecified atom stereocenters. The van der Waals surface area contributed by atoms with Gasteiger partial charge in [-0.3, -0.25) is 0 Å². The summed E-state index contributed by atoms with van der Waals surface area (Å²) in [6, 6.07) is 0.276. The molecule has 1 rings (SSSR count). The first-order valence-corrected chi connectivity index (χ1v) is 5.28. The van der Waals surface area contributed by atoms with Crippen LogP contribution in [0.1, 0.15) is 46.5 Å². The maximum absolute atomic E-state index is 11.4. The van der Waals surface area contributed by atoms with Crippen LogP contribution in [0.3, 0.4) is 0 Å². The summed E-state index contributed by atoms with van der Waals surface area (Å²) in [6.07, 6.45) is 6.31. The van der Waals surface area contributed by atoms with Crippen LogP contribution in [-0.4, -0.2) is 17.7 Å². The standard InChI is InChI=1S/C11H20NO2/c1-11(2,3)14-10(13)12-9-7-5-4-6-8-9/h5,9H,4,6-8H2,1-3H3,(H,12,13)/t9-/m1/s1. The highest BCUT2D eigenvalue weighted by molar-refractivity contribution is 5.68. The molecule has 3 nitrogen and oxygen atoms in total. The van der Waals surface area contributed by atoms with Crippen molar-refractivity contribution < 1.29 is 9.53 Å². The highest BCUT2D eigenvalue weighted by atomic mass is 16.6. The average Bonchev–Trinajstić information content (AvgIpc) is 2.02.